The van der Waals surface area contributed by atoms with E-state index in [2.05, 4.69) is 15.4 Å². The molecule has 1 aliphatic carbocycles. The fourth-order valence-electron chi connectivity index (χ4n) is 4.06. The lowest BCUT2D eigenvalue weighted by atomic mass is 10.1. The van der Waals surface area contributed by atoms with Gasteiger partial charge in [-0.3, -0.25) is 19.7 Å². The van der Waals surface area contributed by atoms with Crippen LogP contribution in [0.5, 0.6) is 0 Å². The number of hydrazone groups is 1. The Morgan fingerprint density at radius 3 is 2.74 bits per heavy atom. The highest BCUT2D eigenvalue weighted by Crippen LogP contribution is 2.35. The number of amides is 1. The Morgan fingerprint density at radius 1 is 1.21 bits per heavy atom. The normalized spacial score (nSPS) is 17.6. The van der Waals surface area contributed by atoms with Gasteiger partial charge < -0.3 is 14.2 Å². The summed E-state index contributed by atoms with van der Waals surface area (Å²) in [6.45, 7) is 2.68. The lowest BCUT2D eigenvalue weighted by Crippen LogP contribution is -2.36. The highest BCUT2D eigenvalue weighted by Gasteiger charge is 2.25. The molecule has 4 rings (SSSR count). The predicted molar refractivity (Wildman–Crippen MR) is 127 cm³/mol. The molecule has 0 saturated carbocycles. The smallest absolute Gasteiger partial charge is 0.272 e. The van der Waals surface area contributed by atoms with Gasteiger partial charge in [0.1, 0.15) is 0 Å². The Balaban J connectivity index is 1.59. The zero-order valence-electron chi connectivity index (χ0n) is 18.8. The molecule has 1 aliphatic heterocycles. The van der Waals surface area contributed by atoms with Gasteiger partial charge in [0, 0.05) is 50.2 Å². The molecule has 10 nitrogen and oxygen atoms in total. The highest BCUT2D eigenvalue weighted by molar-refractivity contribution is 5.94. The van der Waals surface area contributed by atoms with Crippen molar-refractivity contribution in [2.24, 2.45) is 12.1 Å². The van der Waals surface area contributed by atoms with Crippen molar-refractivity contribution in [3.63, 3.8) is 0 Å². The fraction of sp³-hybridized carbons (Fsp3) is 0.292. The standard InChI is InChI=1S/C24H25N5O5/c1-27-16-20(7-8-22(27)30)24(31)26-25-15-19-6-5-18(23(19)28-9-11-34-12-10-28)13-17-3-2-4-21(14-17)29(32)33/h2-4,7-8,13-16H,5-6,9-12H2,1H3,(H,26,31)/b18-13+,25-15-. The first kappa shape index (κ1) is 23.1. The number of aryl methyl sites for hydroxylation is 1. The van der Waals surface area contributed by atoms with Gasteiger partial charge in [0.15, 0.2) is 0 Å². The monoisotopic (exact) mass is 463 g/mol. The first-order valence-corrected chi connectivity index (χ1v) is 10.9. The summed E-state index contributed by atoms with van der Waals surface area (Å²) in [7, 11) is 1.58. The summed E-state index contributed by atoms with van der Waals surface area (Å²) in [4.78, 5) is 36.9. The molecule has 1 amide bonds. The summed E-state index contributed by atoms with van der Waals surface area (Å²) in [5.74, 6) is -0.411. The molecule has 1 aromatic carbocycles. The first-order chi connectivity index (χ1) is 16.4. The number of non-ortho nitro benzene ring substituents is 1. The maximum absolute atomic E-state index is 12.4. The third kappa shape index (κ3) is 5.29. The average Bonchev–Trinajstić information content (AvgIpc) is 3.23. The number of ether oxygens (including phenoxy) is 1. The van der Waals surface area contributed by atoms with Crippen LogP contribution in [-0.4, -0.2) is 52.8 Å². The van der Waals surface area contributed by atoms with Crippen molar-refractivity contribution in [3.8, 4) is 0 Å². The number of morpholine rings is 1. The van der Waals surface area contributed by atoms with Crippen molar-refractivity contribution in [1.82, 2.24) is 14.9 Å². The SMILES string of the molecule is Cn1cc(C(=O)N/N=C\C2=C(N3CCOCC3)C(=C/c3cccc([N+](=O)[O-])c3)/CC2)ccc1=O. The fourth-order valence-corrected chi connectivity index (χ4v) is 4.06. The predicted octanol–water partition coefficient (Wildman–Crippen LogP) is 2.47. The quantitative estimate of drug-likeness (QED) is 0.399. The molecule has 0 unspecified atom stereocenters. The lowest BCUT2D eigenvalue weighted by molar-refractivity contribution is -0.384. The van der Waals surface area contributed by atoms with Gasteiger partial charge in [0.05, 0.1) is 29.9 Å². The van der Waals surface area contributed by atoms with Gasteiger partial charge in [-0.05, 0) is 41.7 Å². The summed E-state index contributed by atoms with van der Waals surface area (Å²) < 4.78 is 6.83. The number of nitro benzene ring substituents is 1. The van der Waals surface area contributed by atoms with E-state index in [-0.39, 0.29) is 11.2 Å². The second-order valence-corrected chi connectivity index (χ2v) is 8.06. The molecule has 1 N–H and O–H groups in total. The van der Waals surface area contributed by atoms with Crippen LogP contribution >= 0.6 is 0 Å². The first-order valence-electron chi connectivity index (χ1n) is 10.9. The summed E-state index contributed by atoms with van der Waals surface area (Å²) in [6, 6.07) is 9.34. The van der Waals surface area contributed by atoms with Gasteiger partial charge >= 0.3 is 0 Å². The highest BCUT2D eigenvalue weighted by atomic mass is 16.6. The molecule has 2 heterocycles. The third-order valence-corrected chi connectivity index (χ3v) is 5.76. The lowest BCUT2D eigenvalue weighted by Gasteiger charge is -2.31. The number of nitrogens with one attached hydrogen (secondary N) is 1. The number of pyridine rings is 1. The average molecular weight is 463 g/mol. The van der Waals surface area contributed by atoms with Crippen LogP contribution < -0.4 is 11.0 Å². The van der Waals surface area contributed by atoms with E-state index in [1.807, 2.05) is 12.1 Å². The summed E-state index contributed by atoms with van der Waals surface area (Å²) in [5.41, 5.74) is 6.52. The van der Waals surface area contributed by atoms with Gasteiger partial charge in [-0.2, -0.15) is 5.10 Å². The minimum Gasteiger partial charge on any atom is -0.378 e. The Kier molecular flexibility index (Phi) is 6.98. The molecule has 10 heteroatoms. The van der Waals surface area contributed by atoms with Crippen LogP contribution in [0.1, 0.15) is 28.8 Å². The minimum atomic E-state index is -0.411. The van der Waals surface area contributed by atoms with E-state index in [1.165, 1.54) is 29.0 Å². The summed E-state index contributed by atoms with van der Waals surface area (Å²) in [5, 5.41) is 15.3. The van der Waals surface area contributed by atoms with Crippen molar-refractivity contribution in [2.75, 3.05) is 26.3 Å². The molecule has 1 aromatic heterocycles. The number of carbonyl (C=O) groups excluding carboxylic acids is 1. The largest absolute Gasteiger partial charge is 0.378 e. The molecule has 34 heavy (non-hydrogen) atoms. The van der Waals surface area contributed by atoms with Crippen molar-refractivity contribution in [2.45, 2.75) is 12.8 Å². The van der Waals surface area contributed by atoms with Gasteiger partial charge in [0.2, 0.25) is 5.56 Å². The Labute approximate surface area is 196 Å². The van der Waals surface area contributed by atoms with Gasteiger partial charge in [-0.25, -0.2) is 5.43 Å². The van der Waals surface area contributed by atoms with Crippen molar-refractivity contribution < 1.29 is 14.5 Å². The van der Waals surface area contributed by atoms with E-state index in [0.29, 0.717) is 18.8 Å². The van der Waals surface area contributed by atoms with E-state index >= 15 is 0 Å². The molecule has 0 atom stereocenters. The number of nitrogens with zero attached hydrogens (tertiary/aromatic N) is 4. The van der Waals surface area contributed by atoms with E-state index in [0.717, 1.165) is 48.3 Å². The van der Waals surface area contributed by atoms with Gasteiger partial charge in [-0.1, -0.05) is 12.1 Å². The molecule has 1 fully saturated rings. The topological polar surface area (TPSA) is 119 Å². The second-order valence-electron chi connectivity index (χ2n) is 8.06. The van der Waals surface area contributed by atoms with E-state index in [4.69, 9.17) is 4.74 Å². The molecule has 176 valence electrons. The Hall–Kier alpha value is -4.05. The van der Waals surface area contributed by atoms with Crippen molar-refractivity contribution >= 4 is 23.9 Å². The van der Waals surface area contributed by atoms with Gasteiger partial charge in [-0.15, -0.1) is 0 Å². The number of nitro groups is 1. The van der Waals surface area contributed by atoms with Crippen molar-refractivity contribution in [1.29, 1.82) is 0 Å². The van der Waals surface area contributed by atoms with Crippen LogP contribution in [-0.2, 0) is 11.8 Å². The number of aromatic nitrogens is 1. The van der Waals surface area contributed by atoms with E-state index in [9.17, 15) is 19.7 Å². The minimum absolute atomic E-state index is 0.0483. The van der Waals surface area contributed by atoms with Gasteiger partial charge in [0.25, 0.3) is 11.6 Å². The summed E-state index contributed by atoms with van der Waals surface area (Å²) in [6.07, 6.45) is 6.57. The zero-order valence-corrected chi connectivity index (χ0v) is 18.8. The number of hydrogen-bond donors (Lipinski definition) is 1. The van der Waals surface area contributed by atoms with E-state index < -0.39 is 10.8 Å². The maximum Gasteiger partial charge on any atom is 0.272 e. The Bertz CT molecular complexity index is 1250. The molecule has 0 spiro atoms. The number of benzene rings is 1. The second kappa shape index (κ2) is 10.3. The molecular weight excluding hydrogens is 438 g/mol. The Morgan fingerprint density at radius 2 is 2.00 bits per heavy atom. The number of rotatable bonds is 6. The van der Waals surface area contributed by atoms with Crippen LogP contribution in [0.4, 0.5) is 5.69 Å². The van der Waals surface area contributed by atoms with Crippen LogP contribution in [0.25, 0.3) is 6.08 Å². The molecule has 1 saturated heterocycles. The van der Waals surface area contributed by atoms with Crippen LogP contribution in [0.2, 0.25) is 0 Å². The van der Waals surface area contributed by atoms with Crippen LogP contribution in [0, 0.1) is 10.1 Å². The molecule has 2 aliphatic rings. The van der Waals surface area contributed by atoms with Crippen molar-refractivity contribution in [3.05, 3.63) is 91.0 Å². The summed E-state index contributed by atoms with van der Waals surface area (Å²) >= 11 is 0. The van der Waals surface area contributed by atoms with E-state index in [1.54, 1.807) is 25.4 Å². The number of carbonyl (C=O) groups is 1. The molecule has 2 aromatic rings. The number of hydrogen-bond acceptors (Lipinski definition) is 7. The van der Waals surface area contributed by atoms with Crippen LogP contribution in [0.3, 0.4) is 0 Å². The molecule has 0 radical (unpaired) electrons. The molecular formula is C24H25N5O5. The number of allylic oxidation sites excluding steroid dienone is 2. The third-order valence-electron chi connectivity index (χ3n) is 5.76. The molecule has 0 bridgehead atoms. The zero-order chi connectivity index (χ0) is 24.1. The van der Waals surface area contributed by atoms with Crippen LogP contribution in [0.15, 0.2) is 69.3 Å². The maximum atomic E-state index is 12.4.